The highest BCUT2D eigenvalue weighted by molar-refractivity contribution is 5.44. The Kier molecular flexibility index (Phi) is 4.56. The largest absolute Gasteiger partial charge is 0.393 e. The summed E-state index contributed by atoms with van der Waals surface area (Å²) in [7, 11) is 0. The molecule has 2 heteroatoms. The van der Waals surface area contributed by atoms with E-state index in [0.29, 0.717) is 0 Å². The summed E-state index contributed by atoms with van der Waals surface area (Å²) in [4.78, 5) is 0. The summed E-state index contributed by atoms with van der Waals surface area (Å²) in [6, 6.07) is 0. The van der Waals surface area contributed by atoms with Gasteiger partial charge in [0, 0.05) is 11.0 Å². The molecule has 0 spiro atoms. The fraction of sp³-hybridized carbons (Fsp3) is 0.600. The summed E-state index contributed by atoms with van der Waals surface area (Å²) >= 11 is 0. The molecule has 1 atom stereocenters. The maximum atomic E-state index is 9.77. The van der Waals surface area contributed by atoms with Crippen LogP contribution < -0.4 is 0 Å². The zero-order chi connectivity index (χ0) is 13.1. The molecular weight excluding hydrogens is 212 g/mol. The van der Waals surface area contributed by atoms with Crippen molar-refractivity contribution >= 4 is 0 Å². The van der Waals surface area contributed by atoms with Crippen LogP contribution in [0.1, 0.15) is 40.5 Å². The van der Waals surface area contributed by atoms with E-state index >= 15 is 0 Å². The molecule has 0 aromatic carbocycles. The topological polar surface area (TPSA) is 40.5 Å². The average molecular weight is 234 g/mol. The quantitative estimate of drug-likeness (QED) is 0.684. The summed E-state index contributed by atoms with van der Waals surface area (Å²) in [5.41, 5.74) is 3.13. The van der Waals surface area contributed by atoms with Crippen molar-refractivity contribution in [2.75, 3.05) is 6.61 Å². The molecular formula is C15H22O2. The molecule has 0 aliphatic heterocycles. The van der Waals surface area contributed by atoms with Gasteiger partial charge in [-0.3, -0.25) is 0 Å². The lowest BCUT2D eigenvalue weighted by Gasteiger charge is -2.34. The number of allylic oxidation sites excluding steroid dienone is 2. The van der Waals surface area contributed by atoms with Crippen LogP contribution >= 0.6 is 0 Å². The number of rotatable bonds is 1. The highest BCUT2D eigenvalue weighted by Crippen LogP contribution is 2.39. The Hall–Kier alpha value is -1.04. The van der Waals surface area contributed by atoms with Crippen LogP contribution in [0.5, 0.6) is 0 Å². The molecule has 0 aromatic heterocycles. The molecule has 0 aromatic rings. The molecule has 0 unspecified atom stereocenters. The minimum Gasteiger partial charge on any atom is -0.393 e. The number of hydrogen-bond donors (Lipinski definition) is 2. The van der Waals surface area contributed by atoms with Gasteiger partial charge < -0.3 is 10.2 Å². The van der Waals surface area contributed by atoms with Gasteiger partial charge >= 0.3 is 0 Å². The monoisotopic (exact) mass is 234 g/mol. The zero-order valence-corrected chi connectivity index (χ0v) is 11.2. The first-order valence-electron chi connectivity index (χ1n) is 6.04. The standard InChI is InChI=1S/C15H22O2/c1-11(7-8-16)5-6-14-12(2)9-13(17)10-15(14,3)4/h7,13,16-17H,8-10H2,1-4H3/b11-7+/t13-/m1/s1. The van der Waals surface area contributed by atoms with Gasteiger partial charge in [0.15, 0.2) is 0 Å². The molecule has 0 saturated heterocycles. The van der Waals surface area contributed by atoms with Crippen LogP contribution in [0.3, 0.4) is 0 Å². The average Bonchev–Trinajstić information content (AvgIpc) is 2.14. The van der Waals surface area contributed by atoms with Crippen molar-refractivity contribution in [3.05, 3.63) is 22.8 Å². The van der Waals surface area contributed by atoms with Crippen molar-refractivity contribution < 1.29 is 10.2 Å². The predicted octanol–water partition coefficient (Wildman–Crippen LogP) is 2.43. The van der Waals surface area contributed by atoms with Crippen LogP contribution in [0.4, 0.5) is 0 Å². The molecule has 1 aliphatic carbocycles. The van der Waals surface area contributed by atoms with Gasteiger partial charge in [0.05, 0.1) is 12.7 Å². The van der Waals surface area contributed by atoms with Gasteiger partial charge in [-0.15, -0.1) is 0 Å². The lowest BCUT2D eigenvalue weighted by molar-refractivity contribution is 0.117. The van der Waals surface area contributed by atoms with Crippen molar-refractivity contribution in [2.45, 2.75) is 46.6 Å². The van der Waals surface area contributed by atoms with E-state index in [1.54, 1.807) is 6.08 Å². The maximum Gasteiger partial charge on any atom is 0.0624 e. The molecule has 0 radical (unpaired) electrons. The van der Waals surface area contributed by atoms with Gasteiger partial charge in [0.1, 0.15) is 0 Å². The highest BCUT2D eigenvalue weighted by atomic mass is 16.3. The first kappa shape index (κ1) is 14.0. The maximum absolute atomic E-state index is 9.77. The second-order valence-corrected chi connectivity index (χ2v) is 5.42. The Balaban J connectivity index is 3.03. The number of hydrogen-bond acceptors (Lipinski definition) is 2. The third kappa shape index (κ3) is 3.73. The first-order valence-corrected chi connectivity index (χ1v) is 6.04. The summed E-state index contributed by atoms with van der Waals surface area (Å²) in [5.74, 6) is 6.27. The second-order valence-electron chi connectivity index (χ2n) is 5.42. The Morgan fingerprint density at radius 1 is 1.53 bits per heavy atom. The van der Waals surface area contributed by atoms with Gasteiger partial charge in [0.25, 0.3) is 0 Å². The lowest BCUT2D eigenvalue weighted by Crippen LogP contribution is -2.28. The third-order valence-corrected chi connectivity index (χ3v) is 3.17. The van der Waals surface area contributed by atoms with Crippen LogP contribution in [0.25, 0.3) is 0 Å². The second kappa shape index (κ2) is 5.53. The van der Waals surface area contributed by atoms with E-state index in [2.05, 4.69) is 25.7 Å². The Morgan fingerprint density at radius 3 is 2.71 bits per heavy atom. The smallest absolute Gasteiger partial charge is 0.0624 e. The van der Waals surface area contributed by atoms with E-state index in [4.69, 9.17) is 5.11 Å². The van der Waals surface area contributed by atoms with Crippen molar-refractivity contribution in [1.29, 1.82) is 0 Å². The van der Waals surface area contributed by atoms with Crippen molar-refractivity contribution in [3.8, 4) is 11.8 Å². The summed E-state index contributed by atoms with van der Waals surface area (Å²) < 4.78 is 0. The van der Waals surface area contributed by atoms with E-state index in [1.165, 1.54) is 5.57 Å². The molecule has 0 heterocycles. The zero-order valence-electron chi connectivity index (χ0n) is 11.2. The molecule has 1 rings (SSSR count). The van der Waals surface area contributed by atoms with Crippen LogP contribution in [0, 0.1) is 17.3 Å². The Labute approximate surface area is 104 Å². The molecule has 0 saturated carbocycles. The molecule has 17 heavy (non-hydrogen) atoms. The molecule has 0 fully saturated rings. The van der Waals surface area contributed by atoms with Gasteiger partial charge in [-0.05, 0) is 38.3 Å². The van der Waals surface area contributed by atoms with E-state index in [-0.39, 0.29) is 18.1 Å². The molecule has 1 aliphatic rings. The Morgan fingerprint density at radius 2 is 2.18 bits per heavy atom. The molecule has 2 nitrogen and oxygen atoms in total. The fourth-order valence-electron chi connectivity index (χ4n) is 2.42. The SMILES string of the molecule is CC1=C(C#C/C(C)=C/CO)C(C)(C)C[C@H](O)C1. The minimum absolute atomic E-state index is 0.0284. The van der Waals surface area contributed by atoms with Crippen LogP contribution in [-0.2, 0) is 0 Å². The van der Waals surface area contributed by atoms with Crippen molar-refractivity contribution in [1.82, 2.24) is 0 Å². The molecule has 0 amide bonds. The molecule has 0 bridgehead atoms. The number of aliphatic hydroxyl groups is 2. The lowest BCUT2D eigenvalue weighted by atomic mass is 9.72. The first-order chi connectivity index (χ1) is 7.86. The van der Waals surface area contributed by atoms with E-state index < -0.39 is 0 Å². The predicted molar refractivity (Wildman–Crippen MR) is 70.3 cm³/mol. The summed E-state index contributed by atoms with van der Waals surface area (Å²) in [6.45, 7) is 8.20. The highest BCUT2D eigenvalue weighted by Gasteiger charge is 2.31. The Bertz CT molecular complexity index is 402. The van der Waals surface area contributed by atoms with E-state index in [9.17, 15) is 5.11 Å². The molecule has 94 valence electrons. The van der Waals surface area contributed by atoms with Crippen LogP contribution in [0.15, 0.2) is 22.8 Å². The minimum atomic E-state index is -0.246. The van der Waals surface area contributed by atoms with Crippen molar-refractivity contribution in [3.63, 3.8) is 0 Å². The van der Waals surface area contributed by atoms with E-state index in [0.717, 1.165) is 24.0 Å². The van der Waals surface area contributed by atoms with Gasteiger partial charge in [-0.2, -0.15) is 0 Å². The number of aliphatic hydroxyl groups excluding tert-OH is 2. The summed E-state index contributed by atoms with van der Waals surface area (Å²) in [5, 5.41) is 18.5. The van der Waals surface area contributed by atoms with Crippen molar-refractivity contribution in [2.24, 2.45) is 5.41 Å². The molecule has 2 N–H and O–H groups in total. The van der Waals surface area contributed by atoms with Gasteiger partial charge in [0.2, 0.25) is 0 Å². The third-order valence-electron chi connectivity index (χ3n) is 3.17. The van der Waals surface area contributed by atoms with Gasteiger partial charge in [-0.1, -0.05) is 31.3 Å². The van der Waals surface area contributed by atoms with Crippen LogP contribution in [0.2, 0.25) is 0 Å². The van der Waals surface area contributed by atoms with Crippen LogP contribution in [-0.4, -0.2) is 22.9 Å². The fourth-order valence-corrected chi connectivity index (χ4v) is 2.42. The summed E-state index contributed by atoms with van der Waals surface area (Å²) in [6.07, 6.45) is 2.94. The normalized spacial score (nSPS) is 24.4. The van der Waals surface area contributed by atoms with Gasteiger partial charge in [-0.25, -0.2) is 0 Å². The van der Waals surface area contributed by atoms with E-state index in [1.807, 2.05) is 13.8 Å².